The molecule has 0 nitrogen and oxygen atoms in total. The summed E-state index contributed by atoms with van der Waals surface area (Å²) in [7, 11) is 0. The van der Waals surface area contributed by atoms with Gasteiger partial charge in [0.2, 0.25) is 0 Å². The smallest absolute Gasteiger partial charge is 1.00 e. The van der Waals surface area contributed by atoms with Crippen molar-refractivity contribution >= 4 is 23.0 Å². The van der Waals surface area contributed by atoms with Crippen LogP contribution in [0.4, 0.5) is 0 Å². The summed E-state index contributed by atoms with van der Waals surface area (Å²) < 4.78 is 1.53. The monoisotopic (exact) mass is 506 g/mol. The van der Waals surface area contributed by atoms with E-state index >= 15 is 0 Å². The van der Waals surface area contributed by atoms with Crippen molar-refractivity contribution in [3.05, 3.63) is 82.9 Å². The normalized spacial score (nSPS) is 17.8. The topological polar surface area (TPSA) is 0 Å². The van der Waals surface area contributed by atoms with Crippen LogP contribution in [0.1, 0.15) is 29.5 Å². The maximum absolute atomic E-state index is 2.64. The molecule has 4 rings (SSSR count). The van der Waals surface area contributed by atoms with Crippen molar-refractivity contribution < 1.29 is 42.3 Å². The summed E-state index contributed by atoms with van der Waals surface area (Å²) in [6, 6.07) is 18.4. The molecule has 2 aliphatic carbocycles. The second kappa shape index (κ2) is 9.09. The van der Waals surface area contributed by atoms with Crippen molar-refractivity contribution in [1.29, 1.82) is 0 Å². The molecule has 5 heteroatoms. The van der Waals surface area contributed by atoms with E-state index < -0.39 is 17.5 Å². The number of rotatable bonds is 2. The Morgan fingerprint density at radius 3 is 1.37 bits per heavy atom. The van der Waals surface area contributed by atoms with Gasteiger partial charge in [0.25, 0.3) is 0 Å². The second-order valence-corrected chi connectivity index (χ2v) is 46.6. The van der Waals surface area contributed by atoms with E-state index in [-0.39, 0.29) is 35.7 Å². The van der Waals surface area contributed by atoms with Crippen LogP contribution in [-0.4, -0.2) is 10.9 Å². The van der Waals surface area contributed by atoms with Crippen LogP contribution in [0, 0.1) is 0 Å². The molecule has 27 heavy (non-hydrogen) atoms. The quantitative estimate of drug-likeness (QED) is 0.508. The third kappa shape index (κ3) is 3.60. The third-order valence-electron chi connectivity index (χ3n) is 6.23. The first-order chi connectivity index (χ1) is 12.1. The molecule has 0 N–H and O–H groups in total. The molecule has 2 aliphatic rings. The van der Waals surface area contributed by atoms with Crippen LogP contribution in [0.25, 0.3) is 12.2 Å². The van der Waals surface area contributed by atoms with E-state index in [1.54, 1.807) is 11.1 Å². The molecule has 0 spiro atoms. The van der Waals surface area contributed by atoms with Gasteiger partial charge in [-0.05, 0) is 0 Å². The summed E-state index contributed by atoms with van der Waals surface area (Å²) in [5.74, 6) is 0. The molecule has 140 valence electrons. The van der Waals surface area contributed by atoms with E-state index in [0.717, 1.165) is 7.25 Å². The molecular weight excluding hydrogens is 483 g/mol. The molecule has 2 unspecified atom stereocenters. The van der Waals surface area contributed by atoms with E-state index in [9.17, 15) is 0 Å². The Morgan fingerprint density at radius 2 is 1.00 bits per heavy atom. The summed E-state index contributed by atoms with van der Waals surface area (Å²) in [5.41, 5.74) is 5.60. The van der Waals surface area contributed by atoms with Crippen molar-refractivity contribution in [2.24, 2.45) is 0 Å². The largest absolute Gasteiger partial charge is 1.00 e. The Labute approximate surface area is 180 Å². The Hall–Kier alpha value is -0.183. The van der Waals surface area contributed by atoms with E-state index in [1.165, 1.54) is 11.1 Å². The minimum Gasteiger partial charge on any atom is -1.00 e. The molecule has 0 aromatic heterocycles. The molecule has 0 fully saturated rings. The number of fused-ring (bicyclic) bond motifs is 2. The average Bonchev–Trinajstić information content (AvgIpc) is 3.21. The van der Waals surface area contributed by atoms with Gasteiger partial charge in [-0.25, -0.2) is 0 Å². The SMILES string of the molecule is C[Si](C)=[Zr+2]([CH]1C=Cc2ccccc21)([CH]1C=Cc2ccccc21)=[Si](C)C.[Cl-].[Cl-]. The molecule has 2 aromatic carbocycles. The van der Waals surface area contributed by atoms with Gasteiger partial charge in [0.15, 0.2) is 0 Å². The van der Waals surface area contributed by atoms with Crippen molar-refractivity contribution in [3.63, 3.8) is 0 Å². The predicted octanol–water partition coefficient (Wildman–Crippen LogP) is 0.187. The fourth-order valence-corrected chi connectivity index (χ4v) is 64.8. The van der Waals surface area contributed by atoms with Crippen LogP contribution in [0.3, 0.4) is 0 Å². The Balaban J connectivity index is 0.00000131. The number of hydrogen-bond donors (Lipinski definition) is 0. The number of benzene rings is 2. The summed E-state index contributed by atoms with van der Waals surface area (Å²) in [4.78, 5) is 0. The molecule has 2 aromatic rings. The first-order valence-corrected chi connectivity index (χ1v) is 24.4. The zero-order valence-corrected chi connectivity index (χ0v) is 22.3. The summed E-state index contributed by atoms with van der Waals surface area (Å²) >= 11 is -2.55. The first-order valence-electron chi connectivity index (χ1n) is 9.22. The Morgan fingerprint density at radius 1 is 0.630 bits per heavy atom. The number of allylic oxidation sites excluding steroid dienone is 2. The van der Waals surface area contributed by atoms with Crippen LogP contribution in [0.15, 0.2) is 60.7 Å². The van der Waals surface area contributed by atoms with Gasteiger partial charge in [-0.3, -0.25) is 0 Å². The fourth-order valence-electron chi connectivity index (χ4n) is 5.23. The van der Waals surface area contributed by atoms with Gasteiger partial charge >= 0.3 is 157 Å². The van der Waals surface area contributed by atoms with Crippen LogP contribution < -0.4 is 24.8 Å². The zero-order chi connectivity index (χ0) is 17.6. The molecule has 0 radical (unpaired) electrons. The average molecular weight is 509 g/mol. The van der Waals surface area contributed by atoms with E-state index in [2.05, 4.69) is 99.0 Å². The van der Waals surface area contributed by atoms with Gasteiger partial charge in [-0.2, -0.15) is 0 Å². The van der Waals surface area contributed by atoms with Crippen LogP contribution in [0.2, 0.25) is 26.2 Å². The predicted molar refractivity (Wildman–Crippen MR) is 111 cm³/mol. The molecule has 0 saturated heterocycles. The number of hydrogen-bond acceptors (Lipinski definition) is 0. The Bertz CT molecular complexity index is 948. The van der Waals surface area contributed by atoms with Gasteiger partial charge in [-0.1, -0.05) is 0 Å². The molecule has 0 aliphatic heterocycles. The molecule has 2 atom stereocenters. The van der Waals surface area contributed by atoms with Crippen molar-refractivity contribution in [2.75, 3.05) is 0 Å². The van der Waals surface area contributed by atoms with E-state index in [0.29, 0.717) is 0 Å². The molecule has 0 amide bonds. The van der Waals surface area contributed by atoms with E-state index in [1.807, 2.05) is 0 Å². The first kappa shape index (κ1) is 23.1. The number of halogens is 2. The second-order valence-electron chi connectivity index (χ2n) is 7.80. The minimum absolute atomic E-state index is 0. The van der Waals surface area contributed by atoms with Crippen LogP contribution >= 0.6 is 0 Å². The standard InChI is InChI=1S/2C9H7.2C2H6Si.2ClH.Zr/c2*1-2-5-9-7-3-6-8(9)4-1;2*1-3-2;;;/h2*1-7H;2*1-2H3;2*1H;/q;;;;;;+2/p-2. The van der Waals surface area contributed by atoms with Crippen LogP contribution in [-0.2, 0) is 17.5 Å². The third-order valence-corrected chi connectivity index (χ3v) is 66.4. The maximum atomic E-state index is 2.64. The van der Waals surface area contributed by atoms with Gasteiger partial charge in [0.1, 0.15) is 0 Å². The zero-order valence-electron chi connectivity index (χ0n) is 16.3. The molecule has 0 saturated carbocycles. The molecule has 0 heterocycles. The van der Waals surface area contributed by atoms with Crippen molar-refractivity contribution in [2.45, 2.75) is 33.4 Å². The molecular formula is C22H26Cl2Si2Zr. The minimum atomic E-state index is -2.55. The van der Waals surface area contributed by atoms with Crippen molar-refractivity contribution in [1.82, 2.24) is 0 Å². The summed E-state index contributed by atoms with van der Waals surface area (Å²) in [6.45, 7) is 10.6. The van der Waals surface area contributed by atoms with Crippen molar-refractivity contribution in [3.8, 4) is 0 Å². The maximum Gasteiger partial charge on any atom is -1.00 e. The summed E-state index contributed by atoms with van der Waals surface area (Å²) in [5, 5.41) is 0. The van der Waals surface area contributed by atoms with Gasteiger partial charge in [-0.15, -0.1) is 0 Å². The fraction of sp³-hybridized carbons (Fsp3) is 0.273. The van der Waals surface area contributed by atoms with Gasteiger partial charge < -0.3 is 24.8 Å². The van der Waals surface area contributed by atoms with E-state index in [4.69, 9.17) is 0 Å². The summed E-state index contributed by atoms with van der Waals surface area (Å²) in [6.07, 6.45) is 10.1. The molecule has 0 bridgehead atoms. The van der Waals surface area contributed by atoms with Gasteiger partial charge in [0.05, 0.1) is 0 Å². The van der Waals surface area contributed by atoms with Crippen LogP contribution in [0.5, 0.6) is 0 Å². The van der Waals surface area contributed by atoms with Gasteiger partial charge in [0, 0.05) is 0 Å². The Kier molecular flexibility index (Phi) is 7.78.